The maximum atomic E-state index is 11.3. The number of thioether (sulfide) groups is 1. The highest BCUT2D eigenvalue weighted by Crippen LogP contribution is 2.18. The van der Waals surface area contributed by atoms with Crippen molar-refractivity contribution in [1.82, 2.24) is 0 Å². The molecular formula is C15H23NO2S. The average Bonchev–Trinajstić information content (AvgIpc) is 2.38. The van der Waals surface area contributed by atoms with E-state index >= 15 is 0 Å². The monoisotopic (exact) mass is 281 g/mol. The van der Waals surface area contributed by atoms with E-state index in [0.717, 1.165) is 11.5 Å². The number of ether oxygens (including phenoxy) is 1. The topological polar surface area (TPSA) is 52.3 Å². The lowest BCUT2D eigenvalue weighted by atomic mass is 10.1. The van der Waals surface area contributed by atoms with Crippen LogP contribution in [-0.4, -0.2) is 24.4 Å². The molecule has 0 amide bonds. The number of rotatable bonds is 7. The third-order valence-electron chi connectivity index (χ3n) is 2.92. The van der Waals surface area contributed by atoms with E-state index in [2.05, 4.69) is 32.0 Å². The molecule has 1 atom stereocenters. The number of hydrogen-bond donors (Lipinski definition) is 1. The molecule has 19 heavy (non-hydrogen) atoms. The summed E-state index contributed by atoms with van der Waals surface area (Å²) in [6, 6.07) is 6.00. The van der Waals surface area contributed by atoms with E-state index < -0.39 is 6.04 Å². The fraction of sp³-hybridized carbons (Fsp3) is 0.533. The molecule has 0 saturated heterocycles. The minimum atomic E-state index is -0.494. The summed E-state index contributed by atoms with van der Waals surface area (Å²) in [7, 11) is 0. The van der Waals surface area contributed by atoms with Gasteiger partial charge in [0.25, 0.3) is 0 Å². The Bertz CT molecular complexity index is 421. The van der Waals surface area contributed by atoms with Crippen LogP contribution in [0.15, 0.2) is 18.2 Å². The van der Waals surface area contributed by atoms with Gasteiger partial charge in [-0.15, -0.1) is 0 Å². The first-order valence-electron chi connectivity index (χ1n) is 6.60. The summed E-state index contributed by atoms with van der Waals surface area (Å²) in [5.41, 5.74) is 9.70. The molecule has 106 valence electrons. The van der Waals surface area contributed by atoms with Crippen molar-refractivity contribution in [3.05, 3.63) is 34.9 Å². The summed E-state index contributed by atoms with van der Waals surface area (Å²) in [5, 5.41) is 0. The fourth-order valence-corrected chi connectivity index (χ4v) is 2.81. The van der Waals surface area contributed by atoms with Gasteiger partial charge in [-0.3, -0.25) is 4.79 Å². The molecule has 1 rings (SSSR count). The van der Waals surface area contributed by atoms with Crippen molar-refractivity contribution in [1.29, 1.82) is 0 Å². The van der Waals surface area contributed by atoms with E-state index in [1.165, 1.54) is 16.7 Å². The summed E-state index contributed by atoms with van der Waals surface area (Å²) < 4.78 is 4.88. The number of carbonyl (C=O) groups excluding carboxylic acids is 1. The quantitative estimate of drug-likeness (QED) is 0.617. The van der Waals surface area contributed by atoms with Crippen LogP contribution in [0.25, 0.3) is 0 Å². The number of hydrogen-bond acceptors (Lipinski definition) is 4. The third-order valence-corrected chi connectivity index (χ3v) is 3.96. The summed E-state index contributed by atoms with van der Waals surface area (Å²) in [4.78, 5) is 11.3. The van der Waals surface area contributed by atoms with Crippen molar-refractivity contribution in [3.63, 3.8) is 0 Å². The van der Waals surface area contributed by atoms with Crippen molar-refractivity contribution in [2.75, 3.05) is 12.4 Å². The Balaban J connectivity index is 2.31. The van der Waals surface area contributed by atoms with Gasteiger partial charge in [0.15, 0.2) is 0 Å². The lowest BCUT2D eigenvalue weighted by Gasteiger charge is -2.11. The molecule has 0 fully saturated rings. The molecule has 1 aromatic rings. The van der Waals surface area contributed by atoms with Gasteiger partial charge in [0.05, 0.1) is 6.61 Å². The van der Waals surface area contributed by atoms with Crippen molar-refractivity contribution < 1.29 is 9.53 Å². The second-order valence-corrected chi connectivity index (χ2v) is 5.73. The molecule has 0 aromatic heterocycles. The second kappa shape index (κ2) is 8.23. The van der Waals surface area contributed by atoms with Crippen molar-refractivity contribution in [2.45, 2.75) is 39.0 Å². The molecule has 3 nitrogen and oxygen atoms in total. The van der Waals surface area contributed by atoms with Gasteiger partial charge < -0.3 is 10.5 Å². The molecule has 0 spiro atoms. The normalized spacial score (nSPS) is 12.2. The maximum Gasteiger partial charge on any atom is 0.322 e. The lowest BCUT2D eigenvalue weighted by molar-refractivity contribution is -0.144. The van der Waals surface area contributed by atoms with Gasteiger partial charge >= 0.3 is 5.97 Å². The van der Waals surface area contributed by atoms with Crippen molar-refractivity contribution >= 4 is 17.7 Å². The SMILES string of the molecule is CCOC(=O)C(N)CCSCc1cc(C)ccc1C. The number of esters is 1. The molecule has 0 radical (unpaired) electrons. The highest BCUT2D eigenvalue weighted by Gasteiger charge is 2.13. The molecule has 1 aromatic carbocycles. The van der Waals surface area contributed by atoms with Crippen LogP contribution in [0.2, 0.25) is 0 Å². The molecule has 0 saturated carbocycles. The summed E-state index contributed by atoms with van der Waals surface area (Å²) in [5.74, 6) is 1.53. The standard InChI is InChI=1S/C15H23NO2S/c1-4-18-15(17)14(16)7-8-19-10-13-9-11(2)5-6-12(13)3/h5-6,9,14H,4,7-8,10,16H2,1-3H3. The minimum absolute atomic E-state index is 0.296. The zero-order valence-electron chi connectivity index (χ0n) is 11.9. The van der Waals surface area contributed by atoms with Crippen LogP contribution in [0.4, 0.5) is 0 Å². The van der Waals surface area contributed by atoms with E-state index in [4.69, 9.17) is 10.5 Å². The Labute approximate surface area is 119 Å². The highest BCUT2D eigenvalue weighted by atomic mass is 32.2. The second-order valence-electron chi connectivity index (χ2n) is 4.63. The van der Waals surface area contributed by atoms with Crippen LogP contribution in [0, 0.1) is 13.8 Å². The zero-order valence-corrected chi connectivity index (χ0v) is 12.8. The maximum absolute atomic E-state index is 11.3. The molecule has 0 bridgehead atoms. The molecule has 0 aliphatic carbocycles. The van der Waals surface area contributed by atoms with Crippen molar-refractivity contribution in [2.24, 2.45) is 5.73 Å². The van der Waals surface area contributed by atoms with Crippen LogP contribution >= 0.6 is 11.8 Å². The van der Waals surface area contributed by atoms with Crippen LogP contribution in [0.3, 0.4) is 0 Å². The molecule has 2 N–H and O–H groups in total. The molecule has 1 unspecified atom stereocenters. The molecule has 0 heterocycles. The lowest BCUT2D eigenvalue weighted by Crippen LogP contribution is -2.32. The number of carbonyl (C=O) groups is 1. The van der Waals surface area contributed by atoms with Crippen LogP contribution in [-0.2, 0) is 15.3 Å². The Morgan fingerprint density at radius 3 is 2.84 bits per heavy atom. The molecule has 0 aliphatic heterocycles. The Kier molecular flexibility index (Phi) is 6.95. The number of benzene rings is 1. The van der Waals surface area contributed by atoms with E-state index in [0.29, 0.717) is 13.0 Å². The number of nitrogens with two attached hydrogens (primary N) is 1. The first-order chi connectivity index (χ1) is 9.04. The zero-order chi connectivity index (χ0) is 14.3. The summed E-state index contributed by atoms with van der Waals surface area (Å²) in [6.45, 7) is 6.41. The van der Waals surface area contributed by atoms with Crippen LogP contribution in [0.5, 0.6) is 0 Å². The van der Waals surface area contributed by atoms with Gasteiger partial charge in [0.2, 0.25) is 0 Å². The highest BCUT2D eigenvalue weighted by molar-refractivity contribution is 7.98. The van der Waals surface area contributed by atoms with Crippen LogP contribution < -0.4 is 5.73 Å². The predicted molar refractivity (Wildman–Crippen MR) is 81.3 cm³/mol. The van der Waals surface area contributed by atoms with Crippen molar-refractivity contribution in [3.8, 4) is 0 Å². The largest absolute Gasteiger partial charge is 0.465 e. The summed E-state index contributed by atoms with van der Waals surface area (Å²) >= 11 is 1.81. The third kappa shape index (κ3) is 5.66. The smallest absolute Gasteiger partial charge is 0.322 e. The Hall–Kier alpha value is -1.00. The van der Waals surface area contributed by atoms with E-state index in [9.17, 15) is 4.79 Å². The fourth-order valence-electron chi connectivity index (χ4n) is 1.72. The van der Waals surface area contributed by atoms with Gasteiger partial charge in [0, 0.05) is 5.75 Å². The first kappa shape index (κ1) is 16.1. The minimum Gasteiger partial charge on any atom is -0.465 e. The van der Waals surface area contributed by atoms with Gasteiger partial charge in [-0.1, -0.05) is 23.8 Å². The molecule has 4 heteroatoms. The Morgan fingerprint density at radius 2 is 2.16 bits per heavy atom. The van der Waals surface area contributed by atoms with Gasteiger partial charge in [0.1, 0.15) is 6.04 Å². The molecule has 0 aliphatic rings. The Morgan fingerprint density at radius 1 is 1.42 bits per heavy atom. The van der Waals surface area contributed by atoms with E-state index in [1.807, 2.05) is 0 Å². The number of aryl methyl sites for hydroxylation is 2. The molecular weight excluding hydrogens is 258 g/mol. The van der Waals surface area contributed by atoms with Gasteiger partial charge in [-0.2, -0.15) is 11.8 Å². The average molecular weight is 281 g/mol. The van der Waals surface area contributed by atoms with Crippen LogP contribution in [0.1, 0.15) is 30.0 Å². The van der Waals surface area contributed by atoms with E-state index in [1.54, 1.807) is 18.7 Å². The van der Waals surface area contributed by atoms with Gasteiger partial charge in [-0.25, -0.2) is 0 Å². The van der Waals surface area contributed by atoms with Gasteiger partial charge in [-0.05, 0) is 44.1 Å². The predicted octanol–water partition coefficient (Wildman–Crippen LogP) is 2.82. The first-order valence-corrected chi connectivity index (χ1v) is 7.76. The van der Waals surface area contributed by atoms with E-state index in [-0.39, 0.29) is 5.97 Å². The summed E-state index contributed by atoms with van der Waals surface area (Å²) in [6.07, 6.45) is 0.661.